The quantitative estimate of drug-likeness (QED) is 0.325. The molecule has 2 aromatic rings. The van der Waals surface area contributed by atoms with Gasteiger partial charge in [-0.15, -0.1) is 0 Å². The molecule has 0 N–H and O–H groups in total. The smallest absolute Gasteiger partial charge is 0.243 e. The summed E-state index contributed by atoms with van der Waals surface area (Å²) >= 11 is 0. The van der Waals surface area contributed by atoms with E-state index in [1.165, 1.54) is 38.5 Å². The minimum Gasteiger partial charge on any atom is -1.00 e. The van der Waals surface area contributed by atoms with Crippen molar-refractivity contribution in [3.8, 4) is 0 Å². The van der Waals surface area contributed by atoms with Crippen molar-refractivity contribution in [2.24, 2.45) is 14.1 Å². The Morgan fingerprint density at radius 3 is 1.32 bits per heavy atom. The first-order chi connectivity index (χ1) is 9.74. The Morgan fingerprint density at radius 1 is 0.636 bits per heavy atom. The molecule has 4 nitrogen and oxygen atoms in total. The summed E-state index contributed by atoms with van der Waals surface area (Å²) in [5.41, 5.74) is 0. The maximum Gasteiger partial charge on any atom is 0.243 e. The predicted molar refractivity (Wildman–Crippen MR) is 78.9 cm³/mol. The summed E-state index contributed by atoms with van der Waals surface area (Å²) in [5, 5.41) is 0. The SMILES string of the molecule is C[n+]1ccn(CCCCCCCCn2cc[n+](C)c2)c1.[Cl-].[Cl-]. The Labute approximate surface area is 146 Å². The molecule has 6 heteroatoms. The fraction of sp³-hybridized carbons (Fsp3) is 0.625. The van der Waals surface area contributed by atoms with Gasteiger partial charge in [-0.1, -0.05) is 12.8 Å². The molecule has 0 spiro atoms. The van der Waals surface area contributed by atoms with Gasteiger partial charge in [-0.3, -0.25) is 0 Å². The van der Waals surface area contributed by atoms with Crippen LogP contribution in [0, 0.1) is 0 Å². The largest absolute Gasteiger partial charge is 1.00 e. The van der Waals surface area contributed by atoms with Crippen molar-refractivity contribution in [3.05, 3.63) is 37.4 Å². The van der Waals surface area contributed by atoms with Crippen LogP contribution in [0.2, 0.25) is 0 Å². The minimum atomic E-state index is 0. The third kappa shape index (κ3) is 7.85. The van der Waals surface area contributed by atoms with Gasteiger partial charge in [0.1, 0.15) is 24.8 Å². The molecule has 0 atom stereocenters. The lowest BCUT2D eigenvalue weighted by molar-refractivity contribution is -0.671. The number of halogens is 2. The van der Waals surface area contributed by atoms with Crippen molar-refractivity contribution in [1.29, 1.82) is 0 Å². The molecule has 0 bridgehead atoms. The monoisotopic (exact) mass is 346 g/mol. The summed E-state index contributed by atoms with van der Waals surface area (Å²) in [6, 6.07) is 0. The van der Waals surface area contributed by atoms with Crippen LogP contribution in [0.1, 0.15) is 38.5 Å². The summed E-state index contributed by atoms with van der Waals surface area (Å²) in [4.78, 5) is 0. The molecule has 0 aliphatic carbocycles. The molecule has 0 radical (unpaired) electrons. The third-order valence-corrected chi connectivity index (χ3v) is 3.73. The molecule has 2 heterocycles. The molecule has 0 saturated carbocycles. The highest BCUT2D eigenvalue weighted by Crippen LogP contribution is 2.07. The standard InChI is InChI=1S/C16H28N4.2ClH/c1-17-11-13-19(15-17)9-7-5-3-4-6-8-10-20-14-12-18(2)16-20;;/h11-16H,3-10H2,1-2H3;2*1H/q+2;;/p-2. The van der Waals surface area contributed by atoms with E-state index in [4.69, 9.17) is 0 Å². The molecular formula is C16H28Cl2N4. The van der Waals surface area contributed by atoms with Crippen molar-refractivity contribution in [2.45, 2.75) is 51.6 Å². The van der Waals surface area contributed by atoms with Gasteiger partial charge in [0, 0.05) is 0 Å². The van der Waals surface area contributed by atoms with Crippen LogP contribution in [0.25, 0.3) is 0 Å². The molecule has 2 aromatic heterocycles. The molecule has 126 valence electrons. The summed E-state index contributed by atoms with van der Waals surface area (Å²) in [5.74, 6) is 0. The molecule has 2 rings (SSSR count). The van der Waals surface area contributed by atoms with Crippen molar-refractivity contribution >= 4 is 0 Å². The van der Waals surface area contributed by atoms with Crippen molar-refractivity contribution in [3.63, 3.8) is 0 Å². The van der Waals surface area contributed by atoms with Crippen LogP contribution >= 0.6 is 0 Å². The average molecular weight is 347 g/mol. The Kier molecular flexibility index (Phi) is 11.0. The van der Waals surface area contributed by atoms with E-state index in [0.717, 1.165) is 13.1 Å². The van der Waals surface area contributed by atoms with E-state index in [1.54, 1.807) is 0 Å². The molecule has 0 fully saturated rings. The van der Waals surface area contributed by atoms with Gasteiger partial charge in [0.25, 0.3) is 0 Å². The van der Waals surface area contributed by atoms with Gasteiger partial charge in [-0.05, 0) is 25.7 Å². The number of hydrogen-bond acceptors (Lipinski definition) is 0. The summed E-state index contributed by atoms with van der Waals surface area (Å²) in [6.07, 6.45) is 20.8. The summed E-state index contributed by atoms with van der Waals surface area (Å²) in [7, 11) is 4.14. The maximum atomic E-state index is 2.27. The molecule has 0 unspecified atom stereocenters. The van der Waals surface area contributed by atoms with E-state index >= 15 is 0 Å². The first kappa shape index (κ1) is 21.0. The van der Waals surface area contributed by atoms with Gasteiger partial charge < -0.3 is 24.8 Å². The fourth-order valence-electron chi connectivity index (χ4n) is 2.56. The van der Waals surface area contributed by atoms with Crippen LogP contribution in [0.3, 0.4) is 0 Å². The van der Waals surface area contributed by atoms with Gasteiger partial charge >= 0.3 is 0 Å². The van der Waals surface area contributed by atoms with Gasteiger partial charge in [-0.25, -0.2) is 18.3 Å². The van der Waals surface area contributed by atoms with Crippen molar-refractivity contribution < 1.29 is 33.9 Å². The first-order valence-electron chi connectivity index (χ1n) is 7.76. The zero-order chi connectivity index (χ0) is 14.2. The normalized spacial score (nSPS) is 10.1. The average Bonchev–Trinajstić information content (AvgIpc) is 3.02. The zero-order valence-electron chi connectivity index (χ0n) is 13.7. The minimum absolute atomic E-state index is 0. The molecule has 22 heavy (non-hydrogen) atoms. The fourth-order valence-corrected chi connectivity index (χ4v) is 2.56. The van der Waals surface area contributed by atoms with E-state index in [2.05, 4.69) is 69.8 Å². The number of aryl methyl sites for hydroxylation is 4. The van der Waals surface area contributed by atoms with E-state index in [1.807, 2.05) is 0 Å². The molecule has 0 aliphatic heterocycles. The topological polar surface area (TPSA) is 17.6 Å². The second-order valence-corrected chi connectivity index (χ2v) is 5.76. The van der Waals surface area contributed by atoms with Crippen LogP contribution in [0.5, 0.6) is 0 Å². The Hall–Kier alpha value is -1.00. The van der Waals surface area contributed by atoms with Crippen LogP contribution in [0.4, 0.5) is 0 Å². The van der Waals surface area contributed by atoms with E-state index in [-0.39, 0.29) is 24.8 Å². The lowest BCUT2D eigenvalue weighted by Gasteiger charge is -2.00. The zero-order valence-corrected chi connectivity index (χ0v) is 15.2. The van der Waals surface area contributed by atoms with Crippen LogP contribution in [-0.4, -0.2) is 9.13 Å². The molecule has 0 amide bonds. The highest BCUT2D eigenvalue weighted by Gasteiger charge is 2.01. The van der Waals surface area contributed by atoms with Crippen molar-refractivity contribution in [2.75, 3.05) is 0 Å². The summed E-state index contributed by atoms with van der Waals surface area (Å²) < 4.78 is 8.74. The van der Waals surface area contributed by atoms with Gasteiger partial charge in [0.2, 0.25) is 12.7 Å². The highest BCUT2D eigenvalue weighted by molar-refractivity contribution is 4.66. The predicted octanol–water partition coefficient (Wildman–Crippen LogP) is -4.01. The number of rotatable bonds is 9. The molecule has 0 saturated heterocycles. The Balaban J connectivity index is 0.00000220. The molecule has 0 aromatic carbocycles. The molecule has 0 aliphatic rings. The maximum absolute atomic E-state index is 2.27. The number of imidazole rings is 2. The first-order valence-corrected chi connectivity index (χ1v) is 7.76. The van der Waals surface area contributed by atoms with Crippen LogP contribution < -0.4 is 33.9 Å². The third-order valence-electron chi connectivity index (χ3n) is 3.73. The Bertz CT molecular complexity index is 461. The van der Waals surface area contributed by atoms with Gasteiger partial charge in [0.15, 0.2) is 0 Å². The number of nitrogens with zero attached hydrogens (tertiary/aromatic N) is 4. The number of hydrogen-bond donors (Lipinski definition) is 0. The highest BCUT2D eigenvalue weighted by atomic mass is 35.5. The van der Waals surface area contributed by atoms with Crippen molar-refractivity contribution in [1.82, 2.24) is 9.13 Å². The number of aromatic nitrogens is 4. The van der Waals surface area contributed by atoms with Gasteiger partial charge in [0.05, 0.1) is 27.2 Å². The second kappa shape index (κ2) is 11.6. The van der Waals surface area contributed by atoms with E-state index in [0.29, 0.717) is 0 Å². The molecular weight excluding hydrogens is 319 g/mol. The van der Waals surface area contributed by atoms with Gasteiger partial charge in [-0.2, -0.15) is 0 Å². The lowest BCUT2D eigenvalue weighted by atomic mass is 10.1. The van der Waals surface area contributed by atoms with E-state index in [9.17, 15) is 0 Å². The van der Waals surface area contributed by atoms with Crippen LogP contribution in [-0.2, 0) is 27.2 Å². The Morgan fingerprint density at radius 2 is 1.00 bits per heavy atom. The van der Waals surface area contributed by atoms with E-state index < -0.39 is 0 Å². The number of unbranched alkanes of at least 4 members (excludes halogenated alkanes) is 5. The summed E-state index contributed by atoms with van der Waals surface area (Å²) in [6.45, 7) is 2.31. The second-order valence-electron chi connectivity index (χ2n) is 5.76. The lowest BCUT2D eigenvalue weighted by Crippen LogP contribution is -3.00. The van der Waals surface area contributed by atoms with Crippen LogP contribution in [0.15, 0.2) is 37.4 Å².